The second kappa shape index (κ2) is 12.7. The number of nitrogens with one attached hydrogen (secondary N) is 1. The van der Waals surface area contributed by atoms with Crippen molar-refractivity contribution in [2.75, 3.05) is 39.9 Å². The molecule has 1 N–H and O–H groups in total. The van der Waals surface area contributed by atoms with Crippen LogP contribution in [0, 0.1) is 0 Å². The van der Waals surface area contributed by atoms with Crippen molar-refractivity contribution < 1.29 is 9.53 Å². The molecular weight excluding hydrogens is 228 g/mol. The molecule has 0 atom stereocenters. The number of amides is 1. The third-order valence-corrected chi connectivity index (χ3v) is 2.28. The Balaban J connectivity index is 0. The molecule has 0 spiro atoms. The van der Waals surface area contributed by atoms with E-state index in [0.717, 1.165) is 32.5 Å². The van der Waals surface area contributed by atoms with Gasteiger partial charge in [-0.05, 0) is 13.3 Å². The molecule has 0 aromatic rings. The molecule has 0 rings (SSSR count). The summed E-state index contributed by atoms with van der Waals surface area (Å²) in [6.45, 7) is 7.61. The zero-order chi connectivity index (χ0) is 11.5. The fourth-order valence-electron chi connectivity index (χ4n) is 1.29. The molecule has 0 aliphatic carbocycles. The lowest BCUT2D eigenvalue weighted by Gasteiger charge is -2.20. The number of methoxy groups -OCH3 is 1. The summed E-state index contributed by atoms with van der Waals surface area (Å²) in [5.74, 6) is 0.182. The third-order valence-electron chi connectivity index (χ3n) is 2.28. The number of carbonyl (C=O) groups is 1. The summed E-state index contributed by atoms with van der Waals surface area (Å²) in [7, 11) is 1.66. The maximum Gasteiger partial charge on any atom is 0.236 e. The van der Waals surface area contributed by atoms with E-state index in [9.17, 15) is 4.79 Å². The molecule has 0 heterocycles. The molecule has 98 valence electrons. The van der Waals surface area contributed by atoms with Crippen molar-refractivity contribution in [3.63, 3.8) is 0 Å². The Hall–Kier alpha value is -0.320. The van der Waals surface area contributed by atoms with E-state index in [0.29, 0.717) is 13.2 Å². The van der Waals surface area contributed by atoms with E-state index in [1.165, 1.54) is 0 Å². The third kappa shape index (κ3) is 8.95. The van der Waals surface area contributed by atoms with E-state index in [4.69, 9.17) is 4.74 Å². The summed E-state index contributed by atoms with van der Waals surface area (Å²) < 4.78 is 4.89. The van der Waals surface area contributed by atoms with E-state index < -0.39 is 0 Å². The first-order chi connectivity index (χ1) is 7.26. The molecule has 0 unspecified atom stereocenters. The molecular formula is C11H25ClN2O2. The van der Waals surface area contributed by atoms with Crippen LogP contribution >= 0.6 is 12.4 Å². The van der Waals surface area contributed by atoms with Gasteiger partial charge in [0.2, 0.25) is 5.91 Å². The van der Waals surface area contributed by atoms with Gasteiger partial charge in [0, 0.05) is 26.7 Å². The van der Waals surface area contributed by atoms with Gasteiger partial charge in [0.05, 0.1) is 13.2 Å². The Bertz CT molecular complexity index is 168. The highest BCUT2D eigenvalue weighted by atomic mass is 35.5. The number of likely N-dealkylation sites (N-methyl/N-ethyl adjacent to an activating group) is 1. The lowest BCUT2D eigenvalue weighted by Crippen LogP contribution is -2.39. The summed E-state index contributed by atoms with van der Waals surface area (Å²) in [4.78, 5) is 13.6. The fraction of sp³-hybridized carbons (Fsp3) is 0.909. The number of hydrogen-bond donors (Lipinski definition) is 1. The molecule has 0 aliphatic heterocycles. The summed E-state index contributed by atoms with van der Waals surface area (Å²) >= 11 is 0. The van der Waals surface area contributed by atoms with Gasteiger partial charge >= 0.3 is 0 Å². The van der Waals surface area contributed by atoms with Gasteiger partial charge in [-0.2, -0.15) is 0 Å². The van der Waals surface area contributed by atoms with Crippen molar-refractivity contribution in [3.8, 4) is 0 Å². The molecule has 0 aliphatic rings. The molecule has 5 heteroatoms. The molecule has 1 amide bonds. The van der Waals surface area contributed by atoms with Crippen molar-refractivity contribution in [2.24, 2.45) is 0 Å². The van der Waals surface area contributed by atoms with Gasteiger partial charge in [-0.3, -0.25) is 4.79 Å². The van der Waals surface area contributed by atoms with Gasteiger partial charge in [-0.1, -0.05) is 13.3 Å². The van der Waals surface area contributed by atoms with Crippen molar-refractivity contribution in [1.82, 2.24) is 10.2 Å². The van der Waals surface area contributed by atoms with E-state index in [2.05, 4.69) is 12.2 Å². The molecule has 4 nitrogen and oxygen atoms in total. The number of nitrogens with zero attached hydrogens (tertiary/aromatic N) is 1. The van der Waals surface area contributed by atoms with Gasteiger partial charge in [0.1, 0.15) is 0 Å². The molecule has 16 heavy (non-hydrogen) atoms. The smallest absolute Gasteiger partial charge is 0.236 e. The van der Waals surface area contributed by atoms with E-state index in [1.807, 2.05) is 11.8 Å². The normalized spacial score (nSPS) is 9.69. The van der Waals surface area contributed by atoms with Crippen LogP contribution in [0.3, 0.4) is 0 Å². The zero-order valence-corrected chi connectivity index (χ0v) is 11.4. The molecule has 0 aromatic heterocycles. The van der Waals surface area contributed by atoms with Crippen LogP contribution in [0.2, 0.25) is 0 Å². The molecule has 0 saturated carbocycles. The maximum absolute atomic E-state index is 11.7. The lowest BCUT2D eigenvalue weighted by atomic mass is 10.3. The van der Waals surface area contributed by atoms with Crippen LogP contribution in [0.25, 0.3) is 0 Å². The van der Waals surface area contributed by atoms with Crippen LogP contribution in [0.15, 0.2) is 0 Å². The minimum atomic E-state index is 0. The first kappa shape index (κ1) is 18.1. The van der Waals surface area contributed by atoms with Crippen molar-refractivity contribution in [1.29, 1.82) is 0 Å². The molecule has 0 fully saturated rings. The van der Waals surface area contributed by atoms with Crippen LogP contribution in [0.4, 0.5) is 0 Å². The number of rotatable bonds is 9. The maximum atomic E-state index is 11.7. The molecule has 0 saturated heterocycles. The highest BCUT2D eigenvalue weighted by molar-refractivity contribution is 5.85. The first-order valence-corrected chi connectivity index (χ1v) is 5.73. The second-order valence-corrected chi connectivity index (χ2v) is 3.50. The Labute approximate surface area is 105 Å². The second-order valence-electron chi connectivity index (χ2n) is 3.50. The quantitative estimate of drug-likeness (QED) is 0.629. The van der Waals surface area contributed by atoms with Gasteiger partial charge < -0.3 is 15.0 Å². The molecule has 0 bridgehead atoms. The average molecular weight is 253 g/mol. The minimum absolute atomic E-state index is 0. The number of ether oxygens (including phenoxy) is 1. The number of unbranched alkanes of at least 4 members (excludes halogenated alkanes) is 1. The van der Waals surface area contributed by atoms with E-state index in [1.54, 1.807) is 7.11 Å². The SMILES string of the molecule is CCCCN(CC)C(=O)CNCCOC.Cl. The summed E-state index contributed by atoms with van der Waals surface area (Å²) in [5.41, 5.74) is 0. The van der Waals surface area contributed by atoms with Crippen molar-refractivity contribution in [3.05, 3.63) is 0 Å². The Morgan fingerprint density at radius 3 is 2.56 bits per heavy atom. The highest BCUT2D eigenvalue weighted by Crippen LogP contribution is 1.94. The molecule has 0 radical (unpaired) electrons. The summed E-state index contributed by atoms with van der Waals surface area (Å²) in [6.07, 6.45) is 2.21. The summed E-state index contributed by atoms with van der Waals surface area (Å²) in [5, 5.41) is 3.06. The van der Waals surface area contributed by atoms with Crippen LogP contribution in [-0.2, 0) is 9.53 Å². The van der Waals surface area contributed by atoms with Crippen LogP contribution in [0.1, 0.15) is 26.7 Å². The number of carbonyl (C=O) groups excluding carboxylic acids is 1. The van der Waals surface area contributed by atoms with Gasteiger partial charge in [0.15, 0.2) is 0 Å². The zero-order valence-electron chi connectivity index (χ0n) is 10.6. The van der Waals surface area contributed by atoms with Crippen LogP contribution in [0.5, 0.6) is 0 Å². The fourth-order valence-corrected chi connectivity index (χ4v) is 1.29. The van der Waals surface area contributed by atoms with Crippen molar-refractivity contribution >= 4 is 18.3 Å². The summed E-state index contributed by atoms with van der Waals surface area (Å²) in [6, 6.07) is 0. The Kier molecular flexibility index (Phi) is 14.4. The standard InChI is InChI=1S/C11H24N2O2.ClH/c1-4-6-8-13(5-2)11(14)10-12-7-9-15-3;/h12H,4-10H2,1-3H3;1H. The monoisotopic (exact) mass is 252 g/mol. The lowest BCUT2D eigenvalue weighted by molar-refractivity contribution is -0.130. The van der Waals surface area contributed by atoms with E-state index in [-0.39, 0.29) is 18.3 Å². The van der Waals surface area contributed by atoms with Crippen LogP contribution in [-0.4, -0.2) is 50.7 Å². The van der Waals surface area contributed by atoms with Gasteiger partial charge in [0.25, 0.3) is 0 Å². The van der Waals surface area contributed by atoms with Gasteiger partial charge in [-0.15, -0.1) is 12.4 Å². The first-order valence-electron chi connectivity index (χ1n) is 5.73. The largest absolute Gasteiger partial charge is 0.383 e. The van der Waals surface area contributed by atoms with Gasteiger partial charge in [-0.25, -0.2) is 0 Å². The molecule has 0 aromatic carbocycles. The average Bonchev–Trinajstić information content (AvgIpc) is 2.25. The Morgan fingerprint density at radius 2 is 2.06 bits per heavy atom. The predicted octanol–water partition coefficient (Wildman–Crippen LogP) is 1.29. The predicted molar refractivity (Wildman–Crippen MR) is 69.2 cm³/mol. The topological polar surface area (TPSA) is 41.6 Å². The van der Waals surface area contributed by atoms with E-state index >= 15 is 0 Å². The number of halogens is 1. The minimum Gasteiger partial charge on any atom is -0.383 e. The van der Waals surface area contributed by atoms with Crippen molar-refractivity contribution in [2.45, 2.75) is 26.7 Å². The van der Waals surface area contributed by atoms with Crippen LogP contribution < -0.4 is 5.32 Å². The number of hydrogen-bond acceptors (Lipinski definition) is 3. The Morgan fingerprint density at radius 1 is 1.38 bits per heavy atom. The highest BCUT2D eigenvalue weighted by Gasteiger charge is 2.09.